The molecule has 0 unspecified atom stereocenters. The molecule has 1 saturated heterocycles. The van der Waals surface area contributed by atoms with Gasteiger partial charge < -0.3 is 20.3 Å². The maximum absolute atomic E-state index is 12.1. The molecule has 2 heterocycles. The molecule has 1 aromatic rings. The number of hydrogen-bond donors (Lipinski definition) is 1. The number of nitrogens with zero attached hydrogens (tertiary/aromatic N) is 4. The lowest BCUT2D eigenvalue weighted by Crippen LogP contribution is -2.53. The number of aromatic nitrogens is 1. The number of carbonyl (C=O) groups is 1. The average molecular weight is 509 g/mol. The number of ether oxygens (including phenoxy) is 1. The van der Waals surface area contributed by atoms with Crippen molar-refractivity contribution in [2.45, 2.75) is 53.1 Å². The zero-order valence-corrected chi connectivity index (χ0v) is 20.1. The van der Waals surface area contributed by atoms with Gasteiger partial charge in [0.2, 0.25) is 0 Å². The van der Waals surface area contributed by atoms with Crippen molar-refractivity contribution >= 4 is 47.4 Å². The molecule has 2 N–H and O–H groups in total. The fourth-order valence-corrected chi connectivity index (χ4v) is 3.74. The summed E-state index contributed by atoms with van der Waals surface area (Å²) in [7, 11) is 0. The summed E-state index contributed by atoms with van der Waals surface area (Å²) in [6, 6.07) is 0. The topological polar surface area (TPSA) is 84.0 Å². The Bertz CT molecular complexity index is 649. The molecule has 0 aliphatic carbocycles. The minimum absolute atomic E-state index is 0. The summed E-state index contributed by atoms with van der Waals surface area (Å²) in [5.74, 6) is 0.540. The quantitative estimate of drug-likeness (QED) is 0.383. The molecule has 1 amide bonds. The van der Waals surface area contributed by atoms with E-state index in [4.69, 9.17) is 10.5 Å². The molecule has 1 fully saturated rings. The van der Waals surface area contributed by atoms with Crippen molar-refractivity contribution in [1.29, 1.82) is 0 Å². The van der Waals surface area contributed by atoms with Crippen molar-refractivity contribution in [2.24, 2.45) is 10.7 Å². The lowest BCUT2D eigenvalue weighted by Gasteiger charge is -2.36. The van der Waals surface area contributed by atoms with E-state index in [1.807, 2.05) is 25.7 Å². The first kappa shape index (κ1) is 23.9. The number of nitrogens with two attached hydrogens (primary N) is 1. The van der Waals surface area contributed by atoms with Gasteiger partial charge in [-0.2, -0.15) is 0 Å². The van der Waals surface area contributed by atoms with Gasteiger partial charge in [-0.05, 0) is 34.1 Å². The highest BCUT2D eigenvalue weighted by Gasteiger charge is 2.26. The Hall–Kier alpha value is -1.10. The standard InChI is InChI=1S/C18H31N5O2S.HI/c1-6-14-13(2)26-15(21-14)7-8-20-16(19)22-9-11-23(12-10-22)17(24)25-18(3,4)5;/h6-12H2,1-5H3,(H2,19,20);1H. The highest BCUT2D eigenvalue weighted by atomic mass is 127. The van der Waals surface area contributed by atoms with Crippen LogP contribution in [-0.4, -0.2) is 65.2 Å². The Labute approximate surface area is 183 Å². The summed E-state index contributed by atoms with van der Waals surface area (Å²) >= 11 is 1.74. The highest BCUT2D eigenvalue weighted by molar-refractivity contribution is 14.0. The molecule has 0 spiro atoms. The van der Waals surface area contributed by atoms with Crippen molar-refractivity contribution in [1.82, 2.24) is 14.8 Å². The Kier molecular flexibility index (Phi) is 9.26. The van der Waals surface area contributed by atoms with E-state index in [1.165, 1.54) is 10.6 Å². The number of amides is 1. The van der Waals surface area contributed by atoms with Crippen LogP contribution in [0.2, 0.25) is 0 Å². The first-order valence-electron chi connectivity index (χ1n) is 9.17. The number of aryl methyl sites for hydroxylation is 2. The lowest BCUT2D eigenvalue weighted by molar-refractivity contribution is 0.0186. The summed E-state index contributed by atoms with van der Waals surface area (Å²) in [6.45, 7) is 13.0. The maximum Gasteiger partial charge on any atom is 0.410 e. The van der Waals surface area contributed by atoms with Crippen LogP contribution in [0.1, 0.15) is 43.3 Å². The van der Waals surface area contributed by atoms with Gasteiger partial charge in [0.1, 0.15) is 5.60 Å². The molecule has 0 saturated carbocycles. The number of aliphatic imine (C=N–C) groups is 1. The summed E-state index contributed by atoms with van der Waals surface area (Å²) in [5.41, 5.74) is 6.83. The van der Waals surface area contributed by atoms with Gasteiger partial charge in [0.05, 0.1) is 10.7 Å². The Morgan fingerprint density at radius 1 is 1.26 bits per heavy atom. The molecular formula is C18H32IN5O2S. The van der Waals surface area contributed by atoms with Gasteiger partial charge >= 0.3 is 6.09 Å². The number of halogens is 1. The molecule has 1 aliphatic heterocycles. The van der Waals surface area contributed by atoms with E-state index in [0.717, 1.165) is 17.8 Å². The average Bonchev–Trinajstić information content (AvgIpc) is 2.93. The second-order valence-electron chi connectivity index (χ2n) is 7.41. The normalized spacial score (nSPS) is 15.5. The Balaban J connectivity index is 0.00000364. The number of piperazine rings is 1. The third-order valence-corrected chi connectivity index (χ3v) is 5.20. The number of thiazole rings is 1. The lowest BCUT2D eigenvalue weighted by atomic mass is 10.2. The third-order valence-electron chi connectivity index (χ3n) is 4.13. The number of guanidine groups is 1. The van der Waals surface area contributed by atoms with Crippen LogP contribution >= 0.6 is 35.3 Å². The zero-order chi connectivity index (χ0) is 19.3. The molecular weight excluding hydrogens is 477 g/mol. The molecule has 1 aromatic heterocycles. The first-order chi connectivity index (χ1) is 12.2. The number of carbonyl (C=O) groups excluding carboxylic acids is 1. The predicted octanol–water partition coefficient (Wildman–Crippen LogP) is 3.04. The summed E-state index contributed by atoms with van der Waals surface area (Å²) in [5, 5.41) is 1.12. The van der Waals surface area contributed by atoms with Crippen molar-refractivity contribution in [3.8, 4) is 0 Å². The molecule has 0 aromatic carbocycles. The van der Waals surface area contributed by atoms with Crippen molar-refractivity contribution in [3.05, 3.63) is 15.6 Å². The second kappa shape index (κ2) is 10.4. The maximum atomic E-state index is 12.1. The predicted molar refractivity (Wildman–Crippen MR) is 121 cm³/mol. The van der Waals surface area contributed by atoms with Crippen LogP contribution in [0, 0.1) is 6.92 Å². The molecule has 0 atom stereocenters. The smallest absolute Gasteiger partial charge is 0.410 e. The summed E-state index contributed by atoms with van der Waals surface area (Å²) < 4.78 is 5.41. The van der Waals surface area contributed by atoms with E-state index in [2.05, 4.69) is 23.8 Å². The highest BCUT2D eigenvalue weighted by Crippen LogP contribution is 2.18. The van der Waals surface area contributed by atoms with Crippen molar-refractivity contribution in [3.63, 3.8) is 0 Å². The van der Waals surface area contributed by atoms with Crippen molar-refractivity contribution < 1.29 is 9.53 Å². The largest absolute Gasteiger partial charge is 0.444 e. The molecule has 2 rings (SSSR count). The second-order valence-corrected chi connectivity index (χ2v) is 8.70. The van der Waals surface area contributed by atoms with Crippen LogP contribution in [0.25, 0.3) is 0 Å². The van der Waals surface area contributed by atoms with Crippen LogP contribution in [0.3, 0.4) is 0 Å². The number of rotatable bonds is 4. The third kappa shape index (κ3) is 7.44. The molecule has 7 nitrogen and oxygen atoms in total. The Morgan fingerprint density at radius 3 is 2.37 bits per heavy atom. The van der Waals surface area contributed by atoms with Gasteiger partial charge in [0.25, 0.3) is 0 Å². The molecule has 0 bridgehead atoms. The Morgan fingerprint density at radius 2 is 1.85 bits per heavy atom. The van der Waals surface area contributed by atoms with Crippen LogP contribution in [-0.2, 0) is 17.6 Å². The van der Waals surface area contributed by atoms with Gasteiger partial charge in [0, 0.05) is 44.0 Å². The van der Waals surface area contributed by atoms with E-state index in [9.17, 15) is 4.79 Å². The molecule has 1 aliphatic rings. The van der Waals surface area contributed by atoms with Crippen molar-refractivity contribution in [2.75, 3.05) is 32.7 Å². The van der Waals surface area contributed by atoms with E-state index < -0.39 is 5.60 Å². The van der Waals surface area contributed by atoms with Gasteiger partial charge in [-0.3, -0.25) is 4.99 Å². The number of hydrogen-bond acceptors (Lipinski definition) is 5. The van der Waals surface area contributed by atoms with Gasteiger partial charge in [-0.25, -0.2) is 9.78 Å². The monoisotopic (exact) mass is 509 g/mol. The SMILES string of the molecule is CCc1nc(CCN=C(N)N2CCN(C(=O)OC(C)(C)C)CC2)sc1C.I. The summed E-state index contributed by atoms with van der Waals surface area (Å²) in [4.78, 5) is 26.2. The fraction of sp³-hybridized carbons (Fsp3) is 0.722. The van der Waals surface area contributed by atoms with E-state index >= 15 is 0 Å². The molecule has 0 radical (unpaired) electrons. The fourth-order valence-electron chi connectivity index (χ4n) is 2.73. The van der Waals surface area contributed by atoms with Gasteiger partial charge in [0.15, 0.2) is 5.96 Å². The van der Waals surface area contributed by atoms with Gasteiger partial charge in [-0.1, -0.05) is 6.92 Å². The molecule has 154 valence electrons. The van der Waals surface area contributed by atoms with E-state index in [-0.39, 0.29) is 30.1 Å². The molecule has 9 heteroatoms. The zero-order valence-electron chi connectivity index (χ0n) is 16.9. The van der Waals surface area contributed by atoms with Crippen LogP contribution in [0.5, 0.6) is 0 Å². The van der Waals surface area contributed by atoms with Gasteiger partial charge in [-0.15, -0.1) is 35.3 Å². The first-order valence-corrected chi connectivity index (χ1v) is 9.99. The minimum Gasteiger partial charge on any atom is -0.444 e. The van der Waals surface area contributed by atoms with Crippen LogP contribution < -0.4 is 5.73 Å². The molecule has 27 heavy (non-hydrogen) atoms. The minimum atomic E-state index is -0.472. The van der Waals surface area contributed by atoms with Crippen LogP contribution in [0.15, 0.2) is 4.99 Å². The summed E-state index contributed by atoms with van der Waals surface area (Å²) in [6.07, 6.45) is 1.51. The van der Waals surface area contributed by atoms with E-state index in [0.29, 0.717) is 38.7 Å². The van der Waals surface area contributed by atoms with Crippen LogP contribution in [0.4, 0.5) is 4.79 Å². The van der Waals surface area contributed by atoms with E-state index in [1.54, 1.807) is 16.2 Å².